The van der Waals surface area contributed by atoms with E-state index in [0.717, 1.165) is 40.1 Å². The molecule has 1 N–H and O–H groups in total. The highest BCUT2D eigenvalue weighted by Crippen LogP contribution is 2.28. The monoisotopic (exact) mass is 426 g/mol. The number of nitrogens with zero attached hydrogens (tertiary/aromatic N) is 1. The van der Waals surface area contributed by atoms with Crippen molar-refractivity contribution in [1.82, 2.24) is 4.90 Å². The molecule has 5 heteroatoms. The summed E-state index contributed by atoms with van der Waals surface area (Å²) in [7, 11) is 0. The van der Waals surface area contributed by atoms with Crippen molar-refractivity contribution < 1.29 is 14.4 Å². The van der Waals surface area contributed by atoms with E-state index in [4.69, 9.17) is 0 Å². The number of carbonyl (C=O) groups excluding carboxylic acids is 3. The molecule has 1 atom stereocenters. The average molecular weight is 427 g/mol. The molecular formula is C27H26N2O3. The van der Waals surface area contributed by atoms with Crippen molar-refractivity contribution in [2.45, 2.75) is 39.2 Å². The molecule has 0 aliphatic carbocycles. The van der Waals surface area contributed by atoms with E-state index in [0.29, 0.717) is 11.1 Å². The molecule has 1 aliphatic heterocycles. The quantitative estimate of drug-likeness (QED) is 0.559. The number of nitrogens with one attached hydrogen (secondary N) is 1. The van der Waals surface area contributed by atoms with E-state index in [-0.39, 0.29) is 12.3 Å². The molecule has 0 aromatic heterocycles. The number of anilines is 1. The van der Waals surface area contributed by atoms with Crippen molar-refractivity contribution in [2.75, 3.05) is 5.32 Å². The fraction of sp³-hybridized carbons (Fsp3) is 0.222. The first-order chi connectivity index (χ1) is 15.5. The number of imide groups is 1. The topological polar surface area (TPSA) is 66.5 Å². The molecule has 1 aliphatic rings. The van der Waals surface area contributed by atoms with E-state index < -0.39 is 17.9 Å². The smallest absolute Gasteiger partial charge is 0.262 e. The van der Waals surface area contributed by atoms with Crippen LogP contribution in [0.25, 0.3) is 0 Å². The Morgan fingerprint density at radius 3 is 1.84 bits per heavy atom. The molecule has 4 rings (SSSR count). The summed E-state index contributed by atoms with van der Waals surface area (Å²) in [5.41, 5.74) is 4.39. The van der Waals surface area contributed by atoms with E-state index >= 15 is 0 Å². The number of amides is 3. The molecule has 3 aromatic carbocycles. The molecule has 3 amide bonds. The highest BCUT2D eigenvalue weighted by molar-refractivity contribution is 6.23. The van der Waals surface area contributed by atoms with Crippen LogP contribution in [0.15, 0.2) is 72.8 Å². The Morgan fingerprint density at radius 2 is 1.31 bits per heavy atom. The van der Waals surface area contributed by atoms with E-state index in [1.807, 2.05) is 62.4 Å². The predicted molar refractivity (Wildman–Crippen MR) is 125 cm³/mol. The number of benzene rings is 3. The molecule has 0 bridgehead atoms. The lowest BCUT2D eigenvalue weighted by Crippen LogP contribution is -2.48. The van der Waals surface area contributed by atoms with Gasteiger partial charge in [0.25, 0.3) is 11.8 Å². The fourth-order valence-electron chi connectivity index (χ4n) is 4.24. The number of rotatable bonds is 7. The summed E-state index contributed by atoms with van der Waals surface area (Å²) in [6.45, 7) is 4.08. The Balaban J connectivity index is 1.72. The lowest BCUT2D eigenvalue weighted by atomic mass is 10.0. The van der Waals surface area contributed by atoms with Gasteiger partial charge in [-0.2, -0.15) is 0 Å². The normalized spacial score (nSPS) is 13.8. The van der Waals surface area contributed by atoms with Gasteiger partial charge in [-0.1, -0.05) is 74.5 Å². The summed E-state index contributed by atoms with van der Waals surface area (Å²) in [5.74, 6) is -1.22. The number of para-hydroxylation sites is 1. The Labute approximate surface area is 188 Å². The predicted octanol–water partition coefficient (Wildman–Crippen LogP) is 4.66. The number of fused-ring (bicyclic) bond motifs is 1. The zero-order valence-corrected chi connectivity index (χ0v) is 18.3. The molecule has 0 radical (unpaired) electrons. The standard InChI is InChI=1S/C27H26N2O3/c1-3-19-13-10-14-20(4-2)24(19)28-25(30)23(17-18-11-6-5-7-12-18)29-26(31)21-15-8-9-16-22(21)27(29)32/h5-16,23H,3-4,17H2,1-2H3,(H,28,30)/t23-/m0/s1. The minimum Gasteiger partial charge on any atom is -0.324 e. The van der Waals surface area contributed by atoms with Gasteiger partial charge >= 0.3 is 0 Å². The highest BCUT2D eigenvalue weighted by Gasteiger charge is 2.42. The first-order valence-electron chi connectivity index (χ1n) is 11.0. The zero-order valence-electron chi connectivity index (χ0n) is 18.3. The summed E-state index contributed by atoms with van der Waals surface area (Å²) in [4.78, 5) is 41.1. The van der Waals surface area contributed by atoms with E-state index in [1.165, 1.54) is 0 Å². The molecule has 32 heavy (non-hydrogen) atoms. The summed E-state index contributed by atoms with van der Waals surface area (Å²) >= 11 is 0. The molecule has 0 saturated heterocycles. The summed E-state index contributed by atoms with van der Waals surface area (Å²) in [6, 6.07) is 21.2. The molecule has 0 fully saturated rings. The van der Waals surface area contributed by atoms with Crippen LogP contribution in [-0.2, 0) is 24.1 Å². The van der Waals surface area contributed by atoms with Crippen molar-refractivity contribution in [3.05, 3.63) is 101 Å². The summed E-state index contributed by atoms with van der Waals surface area (Å²) < 4.78 is 0. The average Bonchev–Trinajstić information content (AvgIpc) is 3.08. The lowest BCUT2D eigenvalue weighted by molar-refractivity contribution is -0.119. The van der Waals surface area contributed by atoms with Crippen LogP contribution in [0.5, 0.6) is 0 Å². The first-order valence-corrected chi connectivity index (χ1v) is 11.0. The van der Waals surface area contributed by atoms with Gasteiger partial charge in [0.05, 0.1) is 11.1 Å². The number of hydrogen-bond donors (Lipinski definition) is 1. The fourth-order valence-corrected chi connectivity index (χ4v) is 4.24. The van der Waals surface area contributed by atoms with Crippen LogP contribution < -0.4 is 5.32 Å². The van der Waals surface area contributed by atoms with Crippen LogP contribution in [0.3, 0.4) is 0 Å². The Morgan fingerprint density at radius 1 is 0.781 bits per heavy atom. The van der Waals surface area contributed by atoms with E-state index in [1.54, 1.807) is 24.3 Å². The Bertz CT molecular complexity index is 1110. The van der Waals surface area contributed by atoms with Gasteiger partial charge in [-0.15, -0.1) is 0 Å². The molecule has 0 spiro atoms. The maximum atomic E-state index is 13.6. The lowest BCUT2D eigenvalue weighted by Gasteiger charge is -2.26. The second-order valence-corrected chi connectivity index (χ2v) is 7.88. The van der Waals surface area contributed by atoms with Crippen LogP contribution in [0.4, 0.5) is 5.69 Å². The third kappa shape index (κ3) is 3.94. The molecule has 5 nitrogen and oxygen atoms in total. The van der Waals surface area contributed by atoms with Crippen LogP contribution in [0, 0.1) is 0 Å². The minimum atomic E-state index is -0.959. The van der Waals surface area contributed by atoms with Gasteiger partial charge in [-0.25, -0.2) is 0 Å². The summed E-state index contributed by atoms with van der Waals surface area (Å²) in [6.07, 6.45) is 1.77. The molecule has 162 valence electrons. The van der Waals surface area contributed by atoms with E-state index in [2.05, 4.69) is 5.32 Å². The second kappa shape index (κ2) is 9.18. The van der Waals surface area contributed by atoms with Gasteiger partial charge < -0.3 is 5.32 Å². The molecule has 1 heterocycles. The maximum Gasteiger partial charge on any atom is 0.262 e. The Kier molecular flexibility index (Phi) is 6.17. The minimum absolute atomic E-state index is 0.244. The van der Waals surface area contributed by atoms with Gasteiger partial charge in [-0.05, 0) is 41.7 Å². The third-order valence-electron chi connectivity index (χ3n) is 5.96. The Hall–Kier alpha value is -3.73. The van der Waals surface area contributed by atoms with Gasteiger partial charge in [0.2, 0.25) is 5.91 Å². The molecule has 3 aromatic rings. The zero-order chi connectivity index (χ0) is 22.7. The van der Waals surface area contributed by atoms with Crippen molar-refractivity contribution in [3.63, 3.8) is 0 Å². The SMILES string of the molecule is CCc1cccc(CC)c1NC(=O)[C@H](Cc1ccccc1)N1C(=O)c2ccccc2C1=O. The number of carbonyl (C=O) groups is 3. The highest BCUT2D eigenvalue weighted by atomic mass is 16.2. The summed E-state index contributed by atoms with van der Waals surface area (Å²) in [5, 5.41) is 3.06. The third-order valence-corrected chi connectivity index (χ3v) is 5.96. The van der Waals surface area contributed by atoms with Crippen LogP contribution in [0.1, 0.15) is 51.3 Å². The van der Waals surface area contributed by atoms with Gasteiger partial charge in [0, 0.05) is 12.1 Å². The van der Waals surface area contributed by atoms with Crippen LogP contribution >= 0.6 is 0 Å². The van der Waals surface area contributed by atoms with Crippen molar-refractivity contribution in [1.29, 1.82) is 0 Å². The van der Waals surface area contributed by atoms with Crippen molar-refractivity contribution in [3.8, 4) is 0 Å². The largest absolute Gasteiger partial charge is 0.324 e. The van der Waals surface area contributed by atoms with Gasteiger partial charge in [0.1, 0.15) is 6.04 Å². The first kappa shape index (κ1) is 21.5. The van der Waals surface area contributed by atoms with Gasteiger partial charge in [0.15, 0.2) is 0 Å². The van der Waals surface area contributed by atoms with Crippen molar-refractivity contribution >= 4 is 23.4 Å². The second-order valence-electron chi connectivity index (χ2n) is 7.88. The van der Waals surface area contributed by atoms with Crippen LogP contribution in [-0.4, -0.2) is 28.7 Å². The number of hydrogen-bond acceptors (Lipinski definition) is 3. The van der Waals surface area contributed by atoms with Crippen LogP contribution in [0.2, 0.25) is 0 Å². The number of aryl methyl sites for hydroxylation is 2. The maximum absolute atomic E-state index is 13.6. The molecule has 0 saturated carbocycles. The molecular weight excluding hydrogens is 400 g/mol. The molecule has 0 unspecified atom stereocenters. The van der Waals surface area contributed by atoms with E-state index in [9.17, 15) is 14.4 Å². The van der Waals surface area contributed by atoms with Crippen molar-refractivity contribution in [2.24, 2.45) is 0 Å². The van der Waals surface area contributed by atoms with Gasteiger partial charge in [-0.3, -0.25) is 19.3 Å².